The summed E-state index contributed by atoms with van der Waals surface area (Å²) in [7, 11) is 0. The van der Waals surface area contributed by atoms with Crippen LogP contribution in [0, 0.1) is 0 Å². The van der Waals surface area contributed by atoms with Crippen molar-refractivity contribution in [2.75, 3.05) is 0 Å². The Morgan fingerprint density at radius 1 is 1.11 bits per heavy atom. The standard InChI is InChI=1S/C22H21N5O/c1-17(19-7-9-21(10-8-19)26-12-11-23-16-26)25-22(28)20-13-24-27(15-20)14-18-5-3-2-4-6-18/h2-13,15-17H,14H2,1H3,(H,25,28)/t17-/m0/s1. The van der Waals surface area contributed by atoms with Crippen LogP contribution in [0.5, 0.6) is 0 Å². The van der Waals surface area contributed by atoms with Gasteiger partial charge in [-0.25, -0.2) is 4.98 Å². The number of amides is 1. The largest absolute Gasteiger partial charge is 0.345 e. The second-order valence-corrected chi connectivity index (χ2v) is 6.67. The highest BCUT2D eigenvalue weighted by molar-refractivity contribution is 5.93. The van der Waals surface area contributed by atoms with Crippen LogP contribution in [-0.2, 0) is 6.54 Å². The van der Waals surface area contributed by atoms with E-state index in [9.17, 15) is 4.79 Å². The first-order valence-corrected chi connectivity index (χ1v) is 9.14. The van der Waals surface area contributed by atoms with Crippen LogP contribution in [0.1, 0.15) is 34.5 Å². The fourth-order valence-electron chi connectivity index (χ4n) is 3.05. The number of aromatic nitrogens is 4. The van der Waals surface area contributed by atoms with Gasteiger partial charge in [0.1, 0.15) is 0 Å². The molecule has 0 aliphatic heterocycles. The lowest BCUT2D eigenvalue weighted by atomic mass is 10.1. The molecule has 0 saturated carbocycles. The van der Waals surface area contributed by atoms with E-state index in [0.717, 1.165) is 16.8 Å². The Labute approximate surface area is 163 Å². The van der Waals surface area contributed by atoms with Gasteiger partial charge in [0.05, 0.1) is 30.7 Å². The Bertz CT molecular complexity index is 1040. The lowest BCUT2D eigenvalue weighted by Gasteiger charge is -2.14. The van der Waals surface area contributed by atoms with Crippen molar-refractivity contribution in [2.24, 2.45) is 0 Å². The zero-order valence-corrected chi connectivity index (χ0v) is 15.6. The van der Waals surface area contributed by atoms with E-state index in [2.05, 4.69) is 15.4 Å². The summed E-state index contributed by atoms with van der Waals surface area (Å²) in [6.45, 7) is 2.61. The van der Waals surface area contributed by atoms with E-state index in [0.29, 0.717) is 12.1 Å². The van der Waals surface area contributed by atoms with Crippen molar-refractivity contribution < 1.29 is 4.79 Å². The molecule has 0 bridgehead atoms. The highest BCUT2D eigenvalue weighted by Gasteiger charge is 2.13. The number of hydrogen-bond donors (Lipinski definition) is 1. The second kappa shape index (κ2) is 7.92. The molecule has 1 N–H and O–H groups in total. The van der Waals surface area contributed by atoms with Gasteiger partial charge in [-0.05, 0) is 30.2 Å². The molecule has 4 aromatic rings. The molecular formula is C22H21N5O. The van der Waals surface area contributed by atoms with Gasteiger partial charge in [0.25, 0.3) is 5.91 Å². The average molecular weight is 371 g/mol. The van der Waals surface area contributed by atoms with E-state index in [1.165, 1.54) is 0 Å². The Hall–Kier alpha value is -3.67. The van der Waals surface area contributed by atoms with E-state index >= 15 is 0 Å². The minimum absolute atomic E-state index is 0.109. The first-order chi connectivity index (χ1) is 13.7. The molecule has 0 saturated heterocycles. The normalized spacial score (nSPS) is 11.9. The Balaban J connectivity index is 1.39. The molecular weight excluding hydrogens is 350 g/mol. The van der Waals surface area contributed by atoms with Crippen LogP contribution in [0.25, 0.3) is 5.69 Å². The lowest BCUT2D eigenvalue weighted by Crippen LogP contribution is -2.26. The van der Waals surface area contributed by atoms with Crippen LogP contribution in [0.15, 0.2) is 85.7 Å². The third-order valence-electron chi connectivity index (χ3n) is 4.63. The van der Waals surface area contributed by atoms with Crippen LogP contribution in [0.4, 0.5) is 0 Å². The number of carbonyl (C=O) groups excluding carboxylic acids is 1. The van der Waals surface area contributed by atoms with Crippen molar-refractivity contribution >= 4 is 5.91 Å². The van der Waals surface area contributed by atoms with Gasteiger partial charge in [0.2, 0.25) is 0 Å². The van der Waals surface area contributed by atoms with Crippen LogP contribution in [0.3, 0.4) is 0 Å². The number of carbonyl (C=O) groups is 1. The summed E-state index contributed by atoms with van der Waals surface area (Å²) in [6.07, 6.45) is 8.78. The van der Waals surface area contributed by atoms with Crippen LogP contribution in [-0.4, -0.2) is 25.2 Å². The van der Waals surface area contributed by atoms with Gasteiger partial charge in [0, 0.05) is 24.3 Å². The van der Waals surface area contributed by atoms with Gasteiger partial charge in [-0.2, -0.15) is 5.10 Å². The van der Waals surface area contributed by atoms with Gasteiger partial charge >= 0.3 is 0 Å². The van der Waals surface area contributed by atoms with Gasteiger partial charge in [-0.3, -0.25) is 9.48 Å². The number of rotatable bonds is 6. The van der Waals surface area contributed by atoms with Gasteiger partial charge in [-0.1, -0.05) is 42.5 Å². The zero-order valence-electron chi connectivity index (χ0n) is 15.6. The van der Waals surface area contributed by atoms with Gasteiger partial charge in [-0.15, -0.1) is 0 Å². The summed E-state index contributed by atoms with van der Waals surface area (Å²) in [6, 6.07) is 18.0. The van der Waals surface area contributed by atoms with Crippen molar-refractivity contribution in [3.63, 3.8) is 0 Å². The topological polar surface area (TPSA) is 64.7 Å². The predicted molar refractivity (Wildman–Crippen MR) is 107 cm³/mol. The maximum Gasteiger partial charge on any atom is 0.254 e. The summed E-state index contributed by atoms with van der Waals surface area (Å²) >= 11 is 0. The number of hydrogen-bond acceptors (Lipinski definition) is 3. The molecule has 1 atom stereocenters. The maximum atomic E-state index is 12.6. The van der Waals surface area contributed by atoms with Crippen LogP contribution >= 0.6 is 0 Å². The van der Waals surface area contributed by atoms with E-state index in [-0.39, 0.29) is 11.9 Å². The Kier molecular flexibility index (Phi) is 5.01. The smallest absolute Gasteiger partial charge is 0.254 e. The third kappa shape index (κ3) is 4.01. The third-order valence-corrected chi connectivity index (χ3v) is 4.63. The highest BCUT2D eigenvalue weighted by Crippen LogP contribution is 2.16. The fraction of sp³-hybridized carbons (Fsp3) is 0.136. The molecule has 1 amide bonds. The molecule has 0 fully saturated rings. The summed E-state index contributed by atoms with van der Waals surface area (Å²) in [5, 5.41) is 7.33. The molecule has 0 spiro atoms. The van der Waals surface area contributed by atoms with Crippen molar-refractivity contribution in [2.45, 2.75) is 19.5 Å². The number of nitrogens with one attached hydrogen (secondary N) is 1. The second-order valence-electron chi connectivity index (χ2n) is 6.67. The molecule has 0 unspecified atom stereocenters. The van der Waals surface area contributed by atoms with Gasteiger partial charge < -0.3 is 9.88 Å². The molecule has 6 heteroatoms. The molecule has 0 aliphatic carbocycles. The predicted octanol–water partition coefficient (Wildman–Crippen LogP) is 3.61. The van der Waals surface area contributed by atoms with Crippen molar-refractivity contribution in [3.05, 3.63) is 102 Å². The highest BCUT2D eigenvalue weighted by atomic mass is 16.1. The molecule has 2 heterocycles. The molecule has 28 heavy (non-hydrogen) atoms. The number of imidazole rings is 1. The minimum Gasteiger partial charge on any atom is -0.345 e. The summed E-state index contributed by atoms with van der Waals surface area (Å²) in [5.41, 5.74) is 3.76. The molecule has 2 aromatic heterocycles. The first kappa shape index (κ1) is 17.7. The van der Waals surface area contributed by atoms with Crippen molar-refractivity contribution in [1.82, 2.24) is 24.6 Å². The van der Waals surface area contributed by atoms with E-state index in [1.807, 2.05) is 72.3 Å². The minimum atomic E-state index is -0.134. The molecule has 0 aliphatic rings. The Morgan fingerprint density at radius 3 is 2.61 bits per heavy atom. The first-order valence-electron chi connectivity index (χ1n) is 9.14. The van der Waals surface area contributed by atoms with Crippen LogP contribution < -0.4 is 5.32 Å². The Morgan fingerprint density at radius 2 is 1.89 bits per heavy atom. The summed E-state index contributed by atoms with van der Waals surface area (Å²) < 4.78 is 3.71. The molecule has 140 valence electrons. The molecule has 6 nitrogen and oxygen atoms in total. The summed E-state index contributed by atoms with van der Waals surface area (Å²) in [4.78, 5) is 16.6. The monoisotopic (exact) mass is 371 g/mol. The molecule has 2 aromatic carbocycles. The molecule has 4 rings (SSSR count). The van der Waals surface area contributed by atoms with E-state index < -0.39 is 0 Å². The number of nitrogens with zero attached hydrogens (tertiary/aromatic N) is 4. The lowest BCUT2D eigenvalue weighted by molar-refractivity contribution is 0.0940. The van der Waals surface area contributed by atoms with Gasteiger partial charge in [0.15, 0.2) is 0 Å². The molecule has 0 radical (unpaired) electrons. The van der Waals surface area contributed by atoms with Crippen molar-refractivity contribution in [3.8, 4) is 5.69 Å². The van der Waals surface area contributed by atoms with Crippen LogP contribution in [0.2, 0.25) is 0 Å². The fourth-order valence-corrected chi connectivity index (χ4v) is 3.05. The maximum absolute atomic E-state index is 12.6. The van der Waals surface area contributed by atoms with E-state index in [1.54, 1.807) is 29.6 Å². The van der Waals surface area contributed by atoms with Crippen molar-refractivity contribution in [1.29, 1.82) is 0 Å². The SMILES string of the molecule is C[C@H](NC(=O)c1cnn(Cc2ccccc2)c1)c1ccc(-n2ccnc2)cc1. The van der Waals surface area contributed by atoms with E-state index in [4.69, 9.17) is 0 Å². The summed E-state index contributed by atoms with van der Waals surface area (Å²) in [5.74, 6) is -0.134. The number of benzene rings is 2. The zero-order chi connectivity index (χ0) is 19.3. The average Bonchev–Trinajstić information content (AvgIpc) is 3.41. The quantitative estimate of drug-likeness (QED) is 0.563.